The van der Waals surface area contributed by atoms with Gasteiger partial charge in [-0.15, -0.1) is 0 Å². The zero-order valence-corrected chi connectivity index (χ0v) is 13.5. The fourth-order valence-corrected chi connectivity index (χ4v) is 2.66. The number of para-hydroxylation sites is 1. The van der Waals surface area contributed by atoms with E-state index in [-0.39, 0.29) is 5.91 Å². The average molecular weight is 312 g/mol. The van der Waals surface area contributed by atoms with Gasteiger partial charge in [0.15, 0.2) is 5.11 Å². The second-order valence-electron chi connectivity index (χ2n) is 5.24. The number of thiocarbonyl (C=S) groups is 1. The molecule has 1 aliphatic heterocycles. The lowest BCUT2D eigenvalue weighted by atomic mass is 10.2. The van der Waals surface area contributed by atoms with Gasteiger partial charge >= 0.3 is 0 Å². The van der Waals surface area contributed by atoms with Crippen LogP contribution < -0.4 is 4.90 Å². The van der Waals surface area contributed by atoms with Crippen LogP contribution in [0.2, 0.25) is 0 Å². The van der Waals surface area contributed by atoms with Crippen molar-refractivity contribution in [3.63, 3.8) is 0 Å². The first-order valence-electron chi connectivity index (χ1n) is 6.95. The maximum Gasteiger partial charge on any atom is 0.281 e. The summed E-state index contributed by atoms with van der Waals surface area (Å²) >= 11 is 5.41. The van der Waals surface area contributed by atoms with Crippen molar-refractivity contribution in [2.24, 2.45) is 0 Å². The molecule has 1 fully saturated rings. The number of benzene rings is 1. The van der Waals surface area contributed by atoms with Gasteiger partial charge in [-0.1, -0.05) is 18.2 Å². The molecule has 0 radical (unpaired) electrons. The van der Waals surface area contributed by atoms with E-state index in [2.05, 4.69) is 0 Å². The highest BCUT2D eigenvalue weighted by atomic mass is 32.1. The van der Waals surface area contributed by atoms with Gasteiger partial charge in [0.05, 0.1) is 5.69 Å². The van der Waals surface area contributed by atoms with E-state index in [1.54, 1.807) is 18.0 Å². The number of hydrogen-bond acceptors (Lipinski definition) is 3. The van der Waals surface area contributed by atoms with Crippen molar-refractivity contribution in [3.8, 4) is 0 Å². The van der Waals surface area contributed by atoms with Gasteiger partial charge in [-0.2, -0.15) is 0 Å². The molecule has 22 heavy (non-hydrogen) atoms. The van der Waals surface area contributed by atoms with Gasteiger partial charge in [-0.25, -0.2) is 0 Å². The molecule has 0 unspecified atom stereocenters. The molecule has 0 saturated carbocycles. The highest BCUT2D eigenvalue weighted by Gasteiger charge is 2.36. The van der Waals surface area contributed by atoms with Crippen LogP contribution in [0.4, 0.5) is 5.69 Å². The normalized spacial score (nSPS) is 17.0. The monoisotopic (exact) mass is 312 g/mol. The van der Waals surface area contributed by atoms with Gasteiger partial charge in [0, 0.05) is 13.1 Å². The first kappa shape index (κ1) is 14.5. The standard InChI is InChI=1S/C17H16N2O2S/c1-11-9-14(21-12(11)2)10-15-16(20)19(17(22)18(15)3)13-7-5-4-6-8-13/h4-10H,1-3H3/b15-10+. The van der Waals surface area contributed by atoms with Crippen LogP contribution in [0.1, 0.15) is 17.1 Å². The molecule has 112 valence electrons. The highest BCUT2D eigenvalue weighted by molar-refractivity contribution is 7.80. The quantitative estimate of drug-likeness (QED) is 0.628. The molecular weight excluding hydrogens is 296 g/mol. The number of rotatable bonds is 2. The minimum atomic E-state index is -0.148. The Morgan fingerprint density at radius 3 is 2.45 bits per heavy atom. The molecule has 4 nitrogen and oxygen atoms in total. The van der Waals surface area contributed by atoms with E-state index < -0.39 is 0 Å². The Hall–Kier alpha value is -2.40. The first-order valence-corrected chi connectivity index (χ1v) is 7.36. The molecule has 3 rings (SSSR count). The summed E-state index contributed by atoms with van der Waals surface area (Å²) < 4.78 is 5.63. The Labute approximate surface area is 134 Å². The fraction of sp³-hybridized carbons (Fsp3) is 0.176. The number of aryl methyl sites for hydroxylation is 2. The minimum absolute atomic E-state index is 0.148. The molecular formula is C17H16N2O2S. The summed E-state index contributed by atoms with van der Waals surface area (Å²) in [5.41, 5.74) is 2.32. The van der Waals surface area contributed by atoms with E-state index in [4.69, 9.17) is 16.6 Å². The Kier molecular flexibility index (Phi) is 3.58. The summed E-state index contributed by atoms with van der Waals surface area (Å²) in [4.78, 5) is 15.9. The third-order valence-electron chi connectivity index (χ3n) is 3.74. The van der Waals surface area contributed by atoms with Crippen molar-refractivity contribution in [3.05, 3.63) is 59.2 Å². The van der Waals surface area contributed by atoms with Gasteiger partial charge in [0.2, 0.25) is 0 Å². The predicted octanol–water partition coefficient (Wildman–Crippen LogP) is 3.50. The van der Waals surface area contributed by atoms with Crippen molar-refractivity contribution in [1.29, 1.82) is 0 Å². The second-order valence-corrected chi connectivity index (χ2v) is 5.60. The second kappa shape index (κ2) is 5.42. The molecule has 0 atom stereocenters. The third kappa shape index (κ3) is 2.33. The Balaban J connectivity index is 2.00. The summed E-state index contributed by atoms with van der Waals surface area (Å²) in [5, 5.41) is 0.461. The van der Waals surface area contributed by atoms with E-state index in [1.165, 1.54) is 4.90 Å². The molecule has 2 aromatic rings. The zero-order chi connectivity index (χ0) is 15.9. The summed E-state index contributed by atoms with van der Waals surface area (Å²) in [6, 6.07) is 11.3. The Bertz CT molecular complexity index is 758. The van der Waals surface area contributed by atoms with Gasteiger partial charge in [-0.3, -0.25) is 9.69 Å². The summed E-state index contributed by atoms with van der Waals surface area (Å²) in [6.07, 6.45) is 1.73. The van der Waals surface area contributed by atoms with Gasteiger partial charge < -0.3 is 9.32 Å². The zero-order valence-electron chi connectivity index (χ0n) is 12.7. The van der Waals surface area contributed by atoms with Crippen LogP contribution in [-0.4, -0.2) is 23.0 Å². The molecule has 0 bridgehead atoms. The molecule has 0 aliphatic carbocycles. The maximum atomic E-state index is 12.7. The molecule has 5 heteroatoms. The van der Waals surface area contributed by atoms with Crippen LogP contribution >= 0.6 is 12.2 Å². The number of amides is 1. The lowest BCUT2D eigenvalue weighted by Crippen LogP contribution is -2.30. The smallest absolute Gasteiger partial charge is 0.281 e. The van der Waals surface area contributed by atoms with Crippen LogP contribution in [0.3, 0.4) is 0 Å². The van der Waals surface area contributed by atoms with Crippen molar-refractivity contribution < 1.29 is 9.21 Å². The topological polar surface area (TPSA) is 36.7 Å². The van der Waals surface area contributed by atoms with Crippen molar-refractivity contribution in [1.82, 2.24) is 4.90 Å². The Morgan fingerprint density at radius 1 is 1.18 bits per heavy atom. The summed E-state index contributed by atoms with van der Waals surface area (Å²) in [5.74, 6) is 1.36. The van der Waals surface area contributed by atoms with Crippen molar-refractivity contribution >= 4 is 35.0 Å². The summed E-state index contributed by atoms with van der Waals surface area (Å²) in [7, 11) is 1.79. The highest BCUT2D eigenvalue weighted by Crippen LogP contribution is 2.28. The number of hydrogen-bond donors (Lipinski definition) is 0. The van der Waals surface area contributed by atoms with Crippen molar-refractivity contribution in [2.75, 3.05) is 11.9 Å². The number of furan rings is 1. The largest absolute Gasteiger partial charge is 0.462 e. The number of carbonyl (C=O) groups excluding carboxylic acids is 1. The van der Waals surface area contributed by atoms with E-state index in [0.717, 1.165) is 17.0 Å². The molecule has 0 N–H and O–H groups in total. The van der Waals surface area contributed by atoms with Crippen LogP contribution in [0.25, 0.3) is 6.08 Å². The molecule has 1 amide bonds. The number of carbonyl (C=O) groups is 1. The lowest BCUT2D eigenvalue weighted by molar-refractivity contribution is -0.114. The van der Waals surface area contributed by atoms with Crippen LogP contribution in [0, 0.1) is 13.8 Å². The minimum Gasteiger partial charge on any atom is -0.462 e. The fourth-order valence-electron chi connectivity index (χ4n) is 2.37. The van der Waals surface area contributed by atoms with Gasteiger partial charge in [0.1, 0.15) is 17.2 Å². The van der Waals surface area contributed by atoms with E-state index in [9.17, 15) is 4.79 Å². The van der Waals surface area contributed by atoms with Crippen LogP contribution in [0.5, 0.6) is 0 Å². The lowest BCUT2D eigenvalue weighted by Gasteiger charge is -2.16. The first-order chi connectivity index (χ1) is 10.5. The number of nitrogens with zero attached hydrogens (tertiary/aromatic N) is 2. The molecule has 1 aromatic heterocycles. The van der Waals surface area contributed by atoms with Gasteiger partial charge in [0.25, 0.3) is 5.91 Å². The molecule has 1 aromatic carbocycles. The van der Waals surface area contributed by atoms with Gasteiger partial charge in [-0.05, 0) is 49.8 Å². The molecule has 2 heterocycles. The third-order valence-corrected chi connectivity index (χ3v) is 4.20. The average Bonchev–Trinajstić information content (AvgIpc) is 2.92. The number of anilines is 1. The molecule has 1 saturated heterocycles. The SMILES string of the molecule is Cc1cc(/C=C2\C(=O)N(c3ccccc3)C(=S)N2C)oc1C. The molecule has 1 aliphatic rings. The molecule has 0 spiro atoms. The van der Waals surface area contributed by atoms with Crippen LogP contribution in [0.15, 0.2) is 46.5 Å². The maximum absolute atomic E-state index is 12.7. The Morgan fingerprint density at radius 2 is 1.86 bits per heavy atom. The van der Waals surface area contributed by atoms with E-state index in [1.807, 2.05) is 50.2 Å². The van der Waals surface area contributed by atoms with Crippen molar-refractivity contribution in [2.45, 2.75) is 13.8 Å². The predicted molar refractivity (Wildman–Crippen MR) is 90.4 cm³/mol. The number of likely N-dealkylation sites (N-methyl/N-ethyl adjacent to an activating group) is 1. The van der Waals surface area contributed by atoms with E-state index >= 15 is 0 Å². The van der Waals surface area contributed by atoms with Crippen LogP contribution in [-0.2, 0) is 4.79 Å². The van der Waals surface area contributed by atoms with E-state index in [0.29, 0.717) is 16.6 Å². The summed E-state index contributed by atoms with van der Waals surface area (Å²) in [6.45, 7) is 3.88.